The van der Waals surface area contributed by atoms with Gasteiger partial charge in [0.15, 0.2) is 0 Å². The van der Waals surface area contributed by atoms with Gasteiger partial charge in [-0.1, -0.05) is 17.7 Å². The third kappa shape index (κ3) is 3.45. The highest BCUT2D eigenvalue weighted by Crippen LogP contribution is 2.32. The molecule has 1 aliphatic heterocycles. The van der Waals surface area contributed by atoms with Crippen LogP contribution in [0.1, 0.15) is 22.5 Å². The van der Waals surface area contributed by atoms with Crippen molar-refractivity contribution in [3.63, 3.8) is 0 Å². The molecule has 138 valence electrons. The topological polar surface area (TPSA) is 66.8 Å². The molecule has 0 bridgehead atoms. The lowest BCUT2D eigenvalue weighted by molar-refractivity contribution is 0.683. The van der Waals surface area contributed by atoms with E-state index in [0.29, 0.717) is 11.6 Å². The first kappa shape index (κ1) is 17.7. The van der Waals surface area contributed by atoms with Crippen molar-refractivity contribution < 1.29 is 0 Å². The average Bonchev–Trinajstić information content (AvgIpc) is 2.68. The Hall–Kier alpha value is -2.73. The Morgan fingerprint density at radius 2 is 1.89 bits per heavy atom. The van der Waals surface area contributed by atoms with Crippen molar-refractivity contribution in [1.29, 1.82) is 0 Å². The Kier molecular flexibility index (Phi) is 4.66. The number of aromatic nitrogens is 4. The van der Waals surface area contributed by atoms with Crippen LogP contribution < -0.4 is 10.2 Å². The largest absolute Gasteiger partial charge is 0.372 e. The summed E-state index contributed by atoms with van der Waals surface area (Å²) in [5, 5.41) is 3.65. The molecule has 0 spiro atoms. The van der Waals surface area contributed by atoms with E-state index in [1.807, 2.05) is 26.2 Å². The van der Waals surface area contributed by atoms with E-state index in [2.05, 4.69) is 43.1 Å². The first-order chi connectivity index (χ1) is 13.0. The van der Waals surface area contributed by atoms with Gasteiger partial charge in [0.25, 0.3) is 0 Å². The van der Waals surface area contributed by atoms with E-state index >= 15 is 0 Å². The Labute approximate surface area is 163 Å². The van der Waals surface area contributed by atoms with Crippen LogP contribution in [0.5, 0.6) is 0 Å². The third-order valence-corrected chi connectivity index (χ3v) is 5.08. The molecule has 4 heterocycles. The maximum absolute atomic E-state index is 6.45. The molecule has 27 heavy (non-hydrogen) atoms. The van der Waals surface area contributed by atoms with Gasteiger partial charge in [0.2, 0.25) is 0 Å². The molecule has 7 heteroatoms. The van der Waals surface area contributed by atoms with Gasteiger partial charge in [-0.3, -0.25) is 9.97 Å². The van der Waals surface area contributed by atoms with Crippen LogP contribution in [-0.2, 0) is 13.0 Å². The van der Waals surface area contributed by atoms with Gasteiger partial charge >= 0.3 is 0 Å². The molecule has 4 rings (SSSR count). The fraction of sp³-hybridized carbons (Fsp3) is 0.300. The highest BCUT2D eigenvalue weighted by atomic mass is 35.5. The van der Waals surface area contributed by atoms with Crippen molar-refractivity contribution in [3.8, 4) is 11.3 Å². The van der Waals surface area contributed by atoms with E-state index in [4.69, 9.17) is 11.6 Å². The van der Waals surface area contributed by atoms with Crippen molar-refractivity contribution in [2.24, 2.45) is 0 Å². The zero-order valence-electron chi connectivity index (χ0n) is 15.6. The van der Waals surface area contributed by atoms with Gasteiger partial charge in [0.05, 0.1) is 34.8 Å². The molecule has 0 fully saturated rings. The summed E-state index contributed by atoms with van der Waals surface area (Å²) >= 11 is 6.45. The number of rotatable bonds is 3. The van der Waals surface area contributed by atoms with Crippen molar-refractivity contribution in [2.75, 3.05) is 23.8 Å². The van der Waals surface area contributed by atoms with Crippen LogP contribution >= 0.6 is 11.6 Å². The predicted octanol–water partition coefficient (Wildman–Crippen LogP) is 3.81. The zero-order valence-corrected chi connectivity index (χ0v) is 16.4. The minimum Gasteiger partial charge on any atom is -0.372 e. The molecule has 0 saturated heterocycles. The lowest BCUT2D eigenvalue weighted by Gasteiger charge is -2.29. The van der Waals surface area contributed by atoms with E-state index in [-0.39, 0.29) is 0 Å². The number of anilines is 2. The van der Waals surface area contributed by atoms with Gasteiger partial charge in [-0.05, 0) is 31.0 Å². The van der Waals surface area contributed by atoms with Gasteiger partial charge in [-0.2, -0.15) is 0 Å². The third-order valence-electron chi connectivity index (χ3n) is 4.78. The minimum atomic E-state index is 0.606. The second-order valence-electron chi connectivity index (χ2n) is 6.77. The van der Waals surface area contributed by atoms with Crippen LogP contribution in [0.2, 0.25) is 5.02 Å². The molecule has 3 aromatic rings. The summed E-state index contributed by atoms with van der Waals surface area (Å²) in [6.07, 6.45) is 6.17. The highest BCUT2D eigenvalue weighted by Gasteiger charge is 2.21. The van der Waals surface area contributed by atoms with E-state index in [1.54, 1.807) is 12.4 Å². The van der Waals surface area contributed by atoms with Crippen LogP contribution in [0, 0.1) is 13.8 Å². The number of aryl methyl sites for hydroxylation is 2. The van der Waals surface area contributed by atoms with Crippen LogP contribution in [-0.4, -0.2) is 33.5 Å². The standard InChI is InChI=1S/C20H21ClN6/c1-12-6-13(2)20(25-8-12)14-7-19(24-9-15(14)21)27-5-4-16-17(11-27)23-10-18(22-3)26-16/h6-10H,4-5,11H2,1-3H3,(H,22,26). The summed E-state index contributed by atoms with van der Waals surface area (Å²) in [6, 6.07) is 4.14. The zero-order chi connectivity index (χ0) is 19.0. The molecule has 0 radical (unpaired) electrons. The summed E-state index contributed by atoms with van der Waals surface area (Å²) in [7, 11) is 1.85. The Morgan fingerprint density at radius 3 is 2.67 bits per heavy atom. The summed E-state index contributed by atoms with van der Waals surface area (Å²) in [4.78, 5) is 20.5. The van der Waals surface area contributed by atoms with Crippen LogP contribution in [0.15, 0.2) is 30.7 Å². The first-order valence-electron chi connectivity index (χ1n) is 8.92. The molecular weight excluding hydrogens is 360 g/mol. The van der Waals surface area contributed by atoms with E-state index in [9.17, 15) is 0 Å². The number of hydrogen-bond acceptors (Lipinski definition) is 6. The molecule has 0 aromatic carbocycles. The fourth-order valence-corrected chi connectivity index (χ4v) is 3.57. The van der Waals surface area contributed by atoms with Gasteiger partial charge in [-0.25, -0.2) is 9.97 Å². The maximum atomic E-state index is 6.45. The molecule has 3 aromatic heterocycles. The number of hydrogen-bond donors (Lipinski definition) is 1. The van der Waals surface area contributed by atoms with Crippen LogP contribution in [0.25, 0.3) is 11.3 Å². The molecule has 0 saturated carbocycles. The minimum absolute atomic E-state index is 0.606. The molecule has 1 N–H and O–H groups in total. The number of halogens is 1. The van der Waals surface area contributed by atoms with Crippen LogP contribution in [0.4, 0.5) is 11.6 Å². The molecule has 0 unspecified atom stereocenters. The number of pyridine rings is 2. The van der Waals surface area contributed by atoms with E-state index in [0.717, 1.165) is 58.4 Å². The predicted molar refractivity (Wildman–Crippen MR) is 108 cm³/mol. The summed E-state index contributed by atoms with van der Waals surface area (Å²) < 4.78 is 0. The van der Waals surface area contributed by atoms with E-state index in [1.165, 1.54) is 0 Å². The van der Waals surface area contributed by atoms with E-state index < -0.39 is 0 Å². The molecule has 0 amide bonds. The van der Waals surface area contributed by atoms with Gasteiger partial charge in [0.1, 0.15) is 11.6 Å². The molecule has 1 aliphatic rings. The first-order valence-corrected chi connectivity index (χ1v) is 9.29. The van der Waals surface area contributed by atoms with Crippen LogP contribution in [0.3, 0.4) is 0 Å². The Balaban J connectivity index is 1.67. The van der Waals surface area contributed by atoms with Crippen molar-refractivity contribution >= 4 is 23.2 Å². The number of fused-ring (bicyclic) bond motifs is 1. The fourth-order valence-electron chi connectivity index (χ4n) is 3.38. The Morgan fingerprint density at radius 1 is 1.04 bits per heavy atom. The van der Waals surface area contributed by atoms with Gasteiger partial charge in [-0.15, -0.1) is 0 Å². The molecule has 6 nitrogen and oxygen atoms in total. The number of nitrogens with zero attached hydrogens (tertiary/aromatic N) is 5. The smallest absolute Gasteiger partial charge is 0.144 e. The molecular formula is C20H21ClN6. The van der Waals surface area contributed by atoms with Crippen molar-refractivity contribution in [3.05, 3.63) is 58.3 Å². The normalized spacial score (nSPS) is 13.4. The lowest BCUT2D eigenvalue weighted by Crippen LogP contribution is -2.32. The Bertz CT molecular complexity index is 1000. The second-order valence-corrected chi connectivity index (χ2v) is 7.18. The SMILES string of the molecule is CNc1cnc2c(n1)CCN(c1cc(-c3ncc(C)cc3C)c(Cl)cn1)C2. The molecule has 0 aliphatic carbocycles. The van der Waals surface area contributed by atoms with Crippen molar-refractivity contribution in [1.82, 2.24) is 19.9 Å². The van der Waals surface area contributed by atoms with Gasteiger partial charge < -0.3 is 10.2 Å². The molecule has 0 atom stereocenters. The quantitative estimate of drug-likeness (QED) is 0.745. The highest BCUT2D eigenvalue weighted by molar-refractivity contribution is 6.33. The monoisotopic (exact) mass is 380 g/mol. The summed E-state index contributed by atoms with van der Waals surface area (Å²) in [5.41, 5.74) is 6.07. The lowest BCUT2D eigenvalue weighted by atomic mass is 10.1. The average molecular weight is 381 g/mol. The summed E-state index contributed by atoms with van der Waals surface area (Å²) in [6.45, 7) is 5.61. The van der Waals surface area contributed by atoms with Crippen molar-refractivity contribution in [2.45, 2.75) is 26.8 Å². The second kappa shape index (κ2) is 7.12. The maximum Gasteiger partial charge on any atom is 0.144 e. The van der Waals surface area contributed by atoms with Gasteiger partial charge in [0, 0.05) is 38.0 Å². The number of nitrogens with one attached hydrogen (secondary N) is 1. The summed E-state index contributed by atoms with van der Waals surface area (Å²) in [5.74, 6) is 1.68.